The molecule has 0 bridgehead atoms. The molecule has 3 heteroatoms. The minimum atomic E-state index is -0.219. The summed E-state index contributed by atoms with van der Waals surface area (Å²) >= 11 is 0. The summed E-state index contributed by atoms with van der Waals surface area (Å²) in [6, 6.07) is 10.1. The summed E-state index contributed by atoms with van der Waals surface area (Å²) < 4.78 is 5.16. The quantitative estimate of drug-likeness (QED) is 0.753. The predicted octanol–water partition coefficient (Wildman–Crippen LogP) is 3.78. The average molecular weight is 259 g/mol. The fourth-order valence-electron chi connectivity index (χ4n) is 2.16. The lowest BCUT2D eigenvalue weighted by Gasteiger charge is -2.20. The zero-order valence-electron chi connectivity index (χ0n) is 11.6. The van der Waals surface area contributed by atoms with Gasteiger partial charge >= 0.3 is 6.09 Å². The molecule has 1 aliphatic rings. The molecule has 1 saturated heterocycles. The molecule has 2 rings (SSSR count). The molecule has 102 valence electrons. The maximum absolute atomic E-state index is 11.8. The lowest BCUT2D eigenvalue weighted by Crippen LogP contribution is -2.27. The summed E-state index contributed by atoms with van der Waals surface area (Å²) in [5.41, 5.74) is 1.13. The number of allylic oxidation sites excluding steroid dienone is 1. The van der Waals surface area contributed by atoms with E-state index in [2.05, 4.69) is 26.0 Å². The molecule has 1 amide bonds. The van der Waals surface area contributed by atoms with Crippen LogP contribution in [0.15, 0.2) is 42.5 Å². The van der Waals surface area contributed by atoms with Gasteiger partial charge in [-0.15, -0.1) is 0 Å². The standard InChI is InChI=1S/C16H21NO2/c1-13(2)8-6-7-11-17-15(12-19-16(17)18)14-9-4-3-5-10-14/h3-7,9-10,13,15H,8,11-12H2,1-2H3/t15-/m0/s1. The molecule has 1 aromatic rings. The highest BCUT2D eigenvalue weighted by atomic mass is 16.6. The molecule has 0 N–H and O–H groups in total. The van der Waals surface area contributed by atoms with Crippen LogP contribution in [-0.2, 0) is 4.74 Å². The fraction of sp³-hybridized carbons (Fsp3) is 0.438. The van der Waals surface area contributed by atoms with Gasteiger partial charge in [0.2, 0.25) is 0 Å². The number of nitrogens with zero attached hydrogens (tertiary/aromatic N) is 1. The summed E-state index contributed by atoms with van der Waals surface area (Å²) in [6.45, 7) is 5.43. The van der Waals surface area contributed by atoms with Gasteiger partial charge in [-0.25, -0.2) is 4.79 Å². The lowest BCUT2D eigenvalue weighted by atomic mass is 10.1. The van der Waals surface area contributed by atoms with Gasteiger partial charge in [-0.3, -0.25) is 4.90 Å². The first-order valence-corrected chi connectivity index (χ1v) is 6.82. The Morgan fingerprint density at radius 2 is 2.05 bits per heavy atom. The van der Waals surface area contributed by atoms with Crippen molar-refractivity contribution in [3.63, 3.8) is 0 Å². The van der Waals surface area contributed by atoms with Gasteiger partial charge in [0.15, 0.2) is 0 Å². The van der Waals surface area contributed by atoms with Crippen LogP contribution in [0.5, 0.6) is 0 Å². The third-order valence-electron chi connectivity index (χ3n) is 3.24. The van der Waals surface area contributed by atoms with Gasteiger partial charge in [0.05, 0.1) is 6.04 Å². The van der Waals surface area contributed by atoms with Crippen molar-refractivity contribution in [1.82, 2.24) is 4.90 Å². The Labute approximate surface area is 114 Å². The van der Waals surface area contributed by atoms with Crippen molar-refractivity contribution >= 4 is 6.09 Å². The third kappa shape index (κ3) is 3.60. The van der Waals surface area contributed by atoms with Gasteiger partial charge in [0.25, 0.3) is 0 Å². The topological polar surface area (TPSA) is 29.5 Å². The van der Waals surface area contributed by atoms with Gasteiger partial charge in [-0.2, -0.15) is 0 Å². The summed E-state index contributed by atoms with van der Waals surface area (Å²) in [4.78, 5) is 13.5. The second kappa shape index (κ2) is 6.41. The molecule has 0 unspecified atom stereocenters. The molecule has 1 aliphatic heterocycles. The van der Waals surface area contributed by atoms with Crippen molar-refractivity contribution in [3.05, 3.63) is 48.0 Å². The van der Waals surface area contributed by atoms with E-state index in [1.807, 2.05) is 30.3 Å². The number of benzene rings is 1. The van der Waals surface area contributed by atoms with E-state index in [1.54, 1.807) is 4.90 Å². The number of hydrogen-bond acceptors (Lipinski definition) is 2. The number of carbonyl (C=O) groups excluding carboxylic acids is 1. The molecular formula is C16H21NO2. The highest BCUT2D eigenvalue weighted by Gasteiger charge is 2.32. The largest absolute Gasteiger partial charge is 0.447 e. The maximum Gasteiger partial charge on any atom is 0.410 e. The maximum atomic E-state index is 11.8. The molecular weight excluding hydrogens is 238 g/mol. The van der Waals surface area contributed by atoms with Gasteiger partial charge in [0.1, 0.15) is 6.61 Å². The van der Waals surface area contributed by atoms with E-state index in [-0.39, 0.29) is 12.1 Å². The fourth-order valence-corrected chi connectivity index (χ4v) is 2.16. The van der Waals surface area contributed by atoms with E-state index >= 15 is 0 Å². The lowest BCUT2D eigenvalue weighted by molar-refractivity contribution is 0.160. The number of rotatable bonds is 5. The van der Waals surface area contributed by atoms with E-state index in [0.717, 1.165) is 12.0 Å². The number of ether oxygens (including phenoxy) is 1. The monoisotopic (exact) mass is 259 g/mol. The Balaban J connectivity index is 2.00. The van der Waals surface area contributed by atoms with Crippen LogP contribution in [-0.4, -0.2) is 24.1 Å². The Kier molecular flexibility index (Phi) is 4.61. The Morgan fingerprint density at radius 3 is 2.74 bits per heavy atom. The number of cyclic esters (lactones) is 1. The third-order valence-corrected chi connectivity index (χ3v) is 3.24. The van der Waals surface area contributed by atoms with Crippen LogP contribution in [0.25, 0.3) is 0 Å². The average Bonchev–Trinajstić information content (AvgIpc) is 2.77. The van der Waals surface area contributed by atoms with E-state index in [9.17, 15) is 4.79 Å². The van der Waals surface area contributed by atoms with E-state index < -0.39 is 0 Å². The summed E-state index contributed by atoms with van der Waals surface area (Å²) in [5.74, 6) is 0.645. The normalized spacial score (nSPS) is 19.4. The zero-order chi connectivity index (χ0) is 13.7. The highest BCUT2D eigenvalue weighted by Crippen LogP contribution is 2.27. The molecule has 0 saturated carbocycles. The van der Waals surface area contributed by atoms with E-state index in [0.29, 0.717) is 19.1 Å². The summed E-state index contributed by atoms with van der Waals surface area (Å²) in [7, 11) is 0. The van der Waals surface area contributed by atoms with Gasteiger partial charge in [0, 0.05) is 6.54 Å². The van der Waals surface area contributed by atoms with Crippen molar-refractivity contribution in [2.75, 3.05) is 13.2 Å². The summed E-state index contributed by atoms with van der Waals surface area (Å²) in [5, 5.41) is 0. The van der Waals surface area contributed by atoms with Crippen LogP contribution in [0, 0.1) is 5.92 Å². The molecule has 0 spiro atoms. The van der Waals surface area contributed by atoms with Crippen LogP contribution in [0.4, 0.5) is 4.79 Å². The van der Waals surface area contributed by atoms with E-state index in [4.69, 9.17) is 4.74 Å². The molecule has 3 nitrogen and oxygen atoms in total. The second-order valence-electron chi connectivity index (χ2n) is 5.26. The molecule has 1 atom stereocenters. The smallest absolute Gasteiger partial charge is 0.410 e. The van der Waals surface area contributed by atoms with Gasteiger partial charge < -0.3 is 4.74 Å². The highest BCUT2D eigenvalue weighted by molar-refractivity contribution is 5.70. The van der Waals surface area contributed by atoms with Crippen molar-refractivity contribution in [2.45, 2.75) is 26.3 Å². The zero-order valence-corrected chi connectivity index (χ0v) is 11.6. The minimum absolute atomic E-state index is 0.0393. The number of amides is 1. The first-order chi connectivity index (χ1) is 9.18. The molecule has 1 fully saturated rings. The van der Waals surface area contributed by atoms with Crippen molar-refractivity contribution < 1.29 is 9.53 Å². The minimum Gasteiger partial charge on any atom is -0.447 e. The van der Waals surface area contributed by atoms with E-state index in [1.165, 1.54) is 0 Å². The van der Waals surface area contributed by atoms with Crippen molar-refractivity contribution in [3.8, 4) is 0 Å². The molecule has 0 radical (unpaired) electrons. The molecule has 1 aromatic carbocycles. The Morgan fingerprint density at radius 1 is 1.32 bits per heavy atom. The van der Waals surface area contributed by atoms with Gasteiger partial charge in [-0.1, -0.05) is 56.3 Å². The van der Waals surface area contributed by atoms with Crippen molar-refractivity contribution in [1.29, 1.82) is 0 Å². The first kappa shape index (κ1) is 13.7. The van der Waals surface area contributed by atoms with Crippen LogP contribution in [0.3, 0.4) is 0 Å². The molecule has 0 aromatic heterocycles. The van der Waals surface area contributed by atoms with Crippen molar-refractivity contribution in [2.24, 2.45) is 5.92 Å². The summed E-state index contributed by atoms with van der Waals surface area (Å²) in [6.07, 6.45) is 5.02. The molecule has 0 aliphatic carbocycles. The van der Waals surface area contributed by atoms with Crippen LogP contribution >= 0.6 is 0 Å². The number of hydrogen-bond donors (Lipinski definition) is 0. The van der Waals surface area contributed by atoms with Crippen LogP contribution in [0.1, 0.15) is 31.9 Å². The predicted molar refractivity (Wildman–Crippen MR) is 75.8 cm³/mol. The van der Waals surface area contributed by atoms with Crippen LogP contribution < -0.4 is 0 Å². The van der Waals surface area contributed by atoms with Crippen LogP contribution in [0.2, 0.25) is 0 Å². The number of carbonyl (C=O) groups is 1. The first-order valence-electron chi connectivity index (χ1n) is 6.82. The van der Waals surface area contributed by atoms with Gasteiger partial charge in [-0.05, 0) is 17.9 Å². The molecule has 1 heterocycles. The SMILES string of the molecule is CC(C)CC=CCN1C(=O)OC[C@H]1c1ccccc1. The molecule has 19 heavy (non-hydrogen) atoms. The Bertz CT molecular complexity index is 439. The Hall–Kier alpha value is -1.77. The second-order valence-corrected chi connectivity index (χ2v) is 5.26.